The third kappa shape index (κ3) is 5.50. The SMILES string of the molecule is Ic1ccc2c3c(ccc([Te]c4ccccc4)c13)CC2.Ic1ccc2c3c(ccc([Te]c4ccccc4)c13)CC2. The monoisotopic (exact) mass is 972 g/mol. The number of benzene rings is 6. The Kier molecular flexibility index (Phi) is 8.47. The van der Waals surface area contributed by atoms with Crippen LogP contribution in [0.3, 0.4) is 0 Å². The molecule has 4 heteroatoms. The fraction of sp³-hybridized carbons (Fsp3) is 0.111. The second-order valence-corrected chi connectivity index (χ2v) is 18.9. The normalized spacial score (nSPS) is 13.1. The van der Waals surface area contributed by atoms with Gasteiger partial charge in [0.05, 0.1) is 0 Å². The number of halogens is 2. The molecule has 0 saturated carbocycles. The zero-order valence-electron chi connectivity index (χ0n) is 21.8. The van der Waals surface area contributed by atoms with Crippen molar-refractivity contribution in [1.29, 1.82) is 0 Å². The molecule has 0 spiro atoms. The summed E-state index contributed by atoms with van der Waals surface area (Å²) in [6.07, 6.45) is 4.88. The van der Waals surface area contributed by atoms with Gasteiger partial charge in [-0.25, -0.2) is 0 Å². The molecule has 6 aromatic carbocycles. The molecule has 0 aliphatic heterocycles. The first kappa shape index (κ1) is 27.7. The van der Waals surface area contributed by atoms with Gasteiger partial charge >= 0.3 is 287 Å². The summed E-state index contributed by atoms with van der Waals surface area (Å²) < 4.78 is 9.06. The van der Waals surface area contributed by atoms with Crippen molar-refractivity contribution in [3.63, 3.8) is 0 Å². The van der Waals surface area contributed by atoms with Crippen molar-refractivity contribution in [1.82, 2.24) is 0 Å². The van der Waals surface area contributed by atoms with E-state index < -0.39 is 0 Å². The Morgan fingerprint density at radius 1 is 0.375 bits per heavy atom. The van der Waals surface area contributed by atoms with Gasteiger partial charge < -0.3 is 0 Å². The molecule has 2 aliphatic rings. The fourth-order valence-corrected chi connectivity index (χ4v) is 14.2. The molecule has 6 aromatic rings. The van der Waals surface area contributed by atoms with E-state index in [-0.39, 0.29) is 41.8 Å². The molecular weight excluding hydrogens is 941 g/mol. The van der Waals surface area contributed by atoms with E-state index in [9.17, 15) is 0 Å². The quantitative estimate of drug-likeness (QED) is 0.142. The van der Waals surface area contributed by atoms with Crippen LogP contribution in [0.5, 0.6) is 0 Å². The van der Waals surface area contributed by atoms with E-state index in [1.165, 1.54) is 40.0 Å². The number of rotatable bonds is 4. The summed E-state index contributed by atoms with van der Waals surface area (Å²) in [5, 5.41) is 6.22. The Hall–Kier alpha value is -1.12. The third-order valence-electron chi connectivity index (χ3n) is 7.76. The molecule has 0 atom stereocenters. The predicted molar refractivity (Wildman–Crippen MR) is 191 cm³/mol. The molecule has 0 bridgehead atoms. The molecule has 2 aliphatic carbocycles. The standard InChI is InChI=1S/2C18H13ITe/c2*19-15-10-8-12-6-7-13-9-11-16(18(15)17(12)13)20-14-4-2-1-3-5-14/h2*1-5,8-11H,6-7H2. The Balaban J connectivity index is 0.000000132. The van der Waals surface area contributed by atoms with Gasteiger partial charge in [0.2, 0.25) is 0 Å². The molecule has 8 rings (SSSR count). The Labute approximate surface area is 283 Å². The first-order chi connectivity index (χ1) is 19.7. The van der Waals surface area contributed by atoms with Gasteiger partial charge in [-0.3, -0.25) is 0 Å². The van der Waals surface area contributed by atoms with Crippen LogP contribution in [0.2, 0.25) is 0 Å². The van der Waals surface area contributed by atoms with Crippen LogP contribution in [0.25, 0.3) is 21.5 Å². The van der Waals surface area contributed by atoms with Crippen LogP contribution < -0.4 is 14.4 Å². The van der Waals surface area contributed by atoms with Crippen molar-refractivity contribution in [2.75, 3.05) is 0 Å². The molecule has 0 nitrogen and oxygen atoms in total. The molecule has 0 unspecified atom stereocenters. The van der Waals surface area contributed by atoms with Gasteiger partial charge in [-0.15, -0.1) is 0 Å². The summed E-state index contributed by atoms with van der Waals surface area (Å²) >= 11 is 4.42. The first-order valence-corrected chi connectivity index (χ1v) is 20.4. The van der Waals surface area contributed by atoms with E-state index in [0.717, 1.165) is 0 Å². The van der Waals surface area contributed by atoms with Gasteiger partial charge in [-0.2, -0.15) is 0 Å². The molecule has 0 fully saturated rings. The summed E-state index contributed by atoms with van der Waals surface area (Å²) in [6, 6.07) is 40.7. The zero-order valence-corrected chi connectivity index (χ0v) is 30.8. The number of aryl methyl sites for hydroxylation is 4. The second-order valence-electron chi connectivity index (χ2n) is 10.2. The topological polar surface area (TPSA) is 0 Å². The minimum absolute atomic E-state index is 0.296. The molecular formula is C36H26I2Te2. The van der Waals surface area contributed by atoms with Gasteiger partial charge in [0.25, 0.3) is 0 Å². The van der Waals surface area contributed by atoms with Crippen LogP contribution in [0, 0.1) is 7.14 Å². The van der Waals surface area contributed by atoms with Crippen molar-refractivity contribution in [2.24, 2.45) is 0 Å². The number of hydrogen-bond donors (Lipinski definition) is 0. The van der Waals surface area contributed by atoms with Crippen molar-refractivity contribution >= 4 is 123 Å². The van der Waals surface area contributed by atoms with Crippen LogP contribution in [-0.2, 0) is 25.7 Å². The first-order valence-electron chi connectivity index (χ1n) is 13.6. The average molecular weight is 968 g/mol. The molecule has 0 heterocycles. The third-order valence-corrected chi connectivity index (χ3v) is 15.7. The average Bonchev–Trinajstić information content (AvgIpc) is 3.61. The van der Waals surface area contributed by atoms with E-state index in [0.29, 0.717) is 0 Å². The van der Waals surface area contributed by atoms with Crippen LogP contribution >= 0.6 is 45.2 Å². The summed E-state index contributed by atoms with van der Waals surface area (Å²) in [6.45, 7) is 0. The van der Waals surface area contributed by atoms with E-state index in [1.54, 1.807) is 51.0 Å². The maximum absolute atomic E-state index is 2.51. The van der Waals surface area contributed by atoms with E-state index in [1.807, 2.05) is 0 Å². The summed E-state index contributed by atoms with van der Waals surface area (Å²) in [7, 11) is 0. The van der Waals surface area contributed by atoms with Crippen molar-refractivity contribution in [3.05, 3.63) is 139 Å². The Bertz CT molecular complexity index is 1700. The van der Waals surface area contributed by atoms with Gasteiger partial charge in [0.1, 0.15) is 0 Å². The van der Waals surface area contributed by atoms with Crippen LogP contribution in [0.4, 0.5) is 0 Å². The van der Waals surface area contributed by atoms with Gasteiger partial charge in [0, 0.05) is 0 Å². The van der Waals surface area contributed by atoms with E-state index in [4.69, 9.17) is 0 Å². The summed E-state index contributed by atoms with van der Waals surface area (Å²) in [4.78, 5) is 0. The van der Waals surface area contributed by atoms with Crippen LogP contribution in [-0.4, -0.2) is 41.8 Å². The van der Waals surface area contributed by atoms with Crippen LogP contribution in [0.15, 0.2) is 109 Å². The molecule has 0 N–H and O–H groups in total. The van der Waals surface area contributed by atoms with Gasteiger partial charge in [-0.05, 0) is 0 Å². The van der Waals surface area contributed by atoms with E-state index in [2.05, 4.69) is 154 Å². The van der Waals surface area contributed by atoms with Crippen LogP contribution in [0.1, 0.15) is 22.3 Å². The van der Waals surface area contributed by atoms with Crippen molar-refractivity contribution < 1.29 is 0 Å². The van der Waals surface area contributed by atoms with Crippen molar-refractivity contribution in [3.8, 4) is 0 Å². The molecule has 0 amide bonds. The number of hydrogen-bond acceptors (Lipinski definition) is 0. The Morgan fingerprint density at radius 2 is 0.725 bits per heavy atom. The molecule has 0 saturated heterocycles. The van der Waals surface area contributed by atoms with Gasteiger partial charge in [-0.1, -0.05) is 0 Å². The molecule has 196 valence electrons. The minimum atomic E-state index is -0.296. The van der Waals surface area contributed by atoms with Crippen molar-refractivity contribution in [2.45, 2.75) is 25.7 Å². The predicted octanol–water partition coefficient (Wildman–Crippen LogP) is 6.40. The second kappa shape index (κ2) is 12.2. The summed E-state index contributed by atoms with van der Waals surface area (Å²) in [5.41, 5.74) is 6.21. The Morgan fingerprint density at radius 3 is 1.10 bits per heavy atom. The zero-order chi connectivity index (χ0) is 27.1. The maximum atomic E-state index is 2.51. The fourth-order valence-electron chi connectivity index (χ4n) is 5.92. The van der Waals surface area contributed by atoms with Gasteiger partial charge in [0.15, 0.2) is 0 Å². The summed E-state index contributed by atoms with van der Waals surface area (Å²) in [5.74, 6) is 0. The molecule has 40 heavy (non-hydrogen) atoms. The molecule has 0 radical (unpaired) electrons. The van der Waals surface area contributed by atoms with E-state index >= 15 is 0 Å². The molecule has 0 aromatic heterocycles.